The Bertz CT molecular complexity index is 534. The molecule has 1 nitrogen and oxygen atoms in total. The van der Waals surface area contributed by atoms with Crippen LogP contribution in [-0.2, 0) is 0 Å². The first-order valence-electron chi connectivity index (χ1n) is 5.59. The first kappa shape index (κ1) is 12.3. The lowest BCUT2D eigenvalue weighted by Gasteiger charge is -2.16. The summed E-state index contributed by atoms with van der Waals surface area (Å²) in [6.07, 6.45) is -0.578. The summed E-state index contributed by atoms with van der Waals surface area (Å²) >= 11 is 3.51. The first-order chi connectivity index (χ1) is 8.09. The lowest BCUT2D eigenvalue weighted by Crippen LogP contribution is -2.02. The number of hydrogen-bond donors (Lipinski definition) is 1. The van der Waals surface area contributed by atoms with Gasteiger partial charge < -0.3 is 5.11 Å². The van der Waals surface area contributed by atoms with Crippen LogP contribution in [0.5, 0.6) is 0 Å². The summed E-state index contributed by atoms with van der Waals surface area (Å²) in [4.78, 5) is 0. The van der Waals surface area contributed by atoms with E-state index in [2.05, 4.69) is 15.9 Å². The van der Waals surface area contributed by atoms with E-state index in [0.717, 1.165) is 21.2 Å². The Balaban J connectivity index is 2.44. The van der Waals surface area contributed by atoms with E-state index in [1.165, 1.54) is 5.56 Å². The van der Waals surface area contributed by atoms with Gasteiger partial charge in [-0.15, -0.1) is 0 Å². The summed E-state index contributed by atoms with van der Waals surface area (Å²) in [6, 6.07) is 13.9. The zero-order valence-corrected chi connectivity index (χ0v) is 11.5. The van der Waals surface area contributed by atoms with Crippen LogP contribution in [0, 0.1) is 13.8 Å². The maximum absolute atomic E-state index is 10.4. The Morgan fingerprint density at radius 3 is 2.35 bits per heavy atom. The number of aliphatic hydroxyl groups is 1. The molecule has 0 spiro atoms. The zero-order valence-electron chi connectivity index (χ0n) is 9.94. The summed E-state index contributed by atoms with van der Waals surface area (Å²) in [5.74, 6) is 0. The van der Waals surface area contributed by atoms with Crippen LogP contribution in [0.4, 0.5) is 0 Å². The molecule has 0 aliphatic rings. The number of aryl methyl sites for hydroxylation is 2. The minimum absolute atomic E-state index is 0.578. The molecule has 1 N–H and O–H groups in total. The largest absolute Gasteiger partial charge is 0.384 e. The molecule has 0 saturated heterocycles. The molecule has 2 aromatic carbocycles. The van der Waals surface area contributed by atoms with Gasteiger partial charge in [0, 0.05) is 4.47 Å². The molecule has 0 radical (unpaired) electrons. The average Bonchev–Trinajstić information content (AvgIpc) is 2.29. The van der Waals surface area contributed by atoms with Crippen LogP contribution in [0.25, 0.3) is 0 Å². The lowest BCUT2D eigenvalue weighted by atomic mass is 9.97. The molecular weight excluding hydrogens is 276 g/mol. The molecule has 2 rings (SSSR count). The molecule has 2 aromatic rings. The highest BCUT2D eigenvalue weighted by Gasteiger charge is 2.15. The highest BCUT2D eigenvalue weighted by atomic mass is 79.9. The molecule has 17 heavy (non-hydrogen) atoms. The number of halogens is 1. The normalized spacial score (nSPS) is 12.5. The van der Waals surface area contributed by atoms with Gasteiger partial charge in [-0.1, -0.05) is 52.3 Å². The van der Waals surface area contributed by atoms with E-state index >= 15 is 0 Å². The van der Waals surface area contributed by atoms with Crippen molar-refractivity contribution in [2.45, 2.75) is 20.0 Å². The minimum atomic E-state index is -0.578. The number of rotatable bonds is 2. The van der Waals surface area contributed by atoms with Gasteiger partial charge in [-0.05, 0) is 42.2 Å². The third kappa shape index (κ3) is 2.59. The van der Waals surface area contributed by atoms with E-state index in [-0.39, 0.29) is 0 Å². The molecule has 0 heterocycles. The maximum atomic E-state index is 10.4. The number of benzene rings is 2. The quantitative estimate of drug-likeness (QED) is 0.881. The second-order valence-corrected chi connectivity index (χ2v) is 5.14. The average molecular weight is 291 g/mol. The molecule has 88 valence electrons. The van der Waals surface area contributed by atoms with Crippen molar-refractivity contribution in [3.05, 3.63) is 69.2 Å². The van der Waals surface area contributed by atoms with Gasteiger partial charge in [0.25, 0.3) is 0 Å². The predicted octanol–water partition coefficient (Wildman–Crippen LogP) is 4.15. The Kier molecular flexibility index (Phi) is 3.65. The molecule has 0 fully saturated rings. The van der Waals surface area contributed by atoms with Gasteiger partial charge in [0.05, 0.1) is 0 Å². The molecule has 0 bridgehead atoms. The van der Waals surface area contributed by atoms with E-state index in [4.69, 9.17) is 0 Å². The SMILES string of the molecule is Cc1ccc(C(O)c2ccccc2C)c(Br)c1. The molecule has 1 unspecified atom stereocenters. The second kappa shape index (κ2) is 5.03. The van der Waals surface area contributed by atoms with E-state index in [0.29, 0.717) is 0 Å². The Labute approximate surface area is 110 Å². The van der Waals surface area contributed by atoms with Crippen molar-refractivity contribution < 1.29 is 5.11 Å². The van der Waals surface area contributed by atoms with Crippen LogP contribution in [-0.4, -0.2) is 5.11 Å². The van der Waals surface area contributed by atoms with Gasteiger partial charge >= 0.3 is 0 Å². The van der Waals surface area contributed by atoms with Crippen molar-refractivity contribution in [3.8, 4) is 0 Å². The van der Waals surface area contributed by atoms with Crippen molar-refractivity contribution in [1.29, 1.82) is 0 Å². The molecule has 0 aliphatic heterocycles. The van der Waals surface area contributed by atoms with Gasteiger partial charge in [-0.25, -0.2) is 0 Å². The Hall–Kier alpha value is -1.12. The second-order valence-electron chi connectivity index (χ2n) is 4.28. The third-order valence-corrected chi connectivity index (χ3v) is 3.62. The Morgan fingerprint density at radius 1 is 1.00 bits per heavy atom. The predicted molar refractivity (Wildman–Crippen MR) is 74.1 cm³/mol. The summed E-state index contributed by atoms with van der Waals surface area (Å²) in [7, 11) is 0. The fraction of sp³-hybridized carbons (Fsp3) is 0.200. The van der Waals surface area contributed by atoms with E-state index in [1.807, 2.05) is 56.3 Å². The molecule has 0 saturated carbocycles. The van der Waals surface area contributed by atoms with Crippen LogP contribution in [0.1, 0.15) is 28.4 Å². The van der Waals surface area contributed by atoms with Crippen molar-refractivity contribution in [2.24, 2.45) is 0 Å². The van der Waals surface area contributed by atoms with E-state index in [1.54, 1.807) is 0 Å². The fourth-order valence-electron chi connectivity index (χ4n) is 1.92. The van der Waals surface area contributed by atoms with Crippen LogP contribution in [0.2, 0.25) is 0 Å². The molecule has 0 aliphatic carbocycles. The fourth-order valence-corrected chi connectivity index (χ4v) is 2.63. The molecule has 0 amide bonds. The van der Waals surface area contributed by atoms with Crippen LogP contribution < -0.4 is 0 Å². The molecule has 0 aromatic heterocycles. The lowest BCUT2D eigenvalue weighted by molar-refractivity contribution is 0.219. The maximum Gasteiger partial charge on any atom is 0.105 e. The van der Waals surface area contributed by atoms with Gasteiger partial charge in [-0.2, -0.15) is 0 Å². The van der Waals surface area contributed by atoms with Crippen molar-refractivity contribution >= 4 is 15.9 Å². The van der Waals surface area contributed by atoms with Gasteiger partial charge in [-0.3, -0.25) is 0 Å². The monoisotopic (exact) mass is 290 g/mol. The van der Waals surface area contributed by atoms with Crippen molar-refractivity contribution in [2.75, 3.05) is 0 Å². The van der Waals surface area contributed by atoms with Crippen LogP contribution >= 0.6 is 15.9 Å². The molecular formula is C15H15BrO. The van der Waals surface area contributed by atoms with E-state index < -0.39 is 6.10 Å². The van der Waals surface area contributed by atoms with Crippen LogP contribution in [0.15, 0.2) is 46.9 Å². The highest BCUT2D eigenvalue weighted by molar-refractivity contribution is 9.10. The number of hydrogen-bond acceptors (Lipinski definition) is 1. The highest BCUT2D eigenvalue weighted by Crippen LogP contribution is 2.30. The first-order valence-corrected chi connectivity index (χ1v) is 6.38. The zero-order chi connectivity index (χ0) is 12.4. The molecule has 2 heteroatoms. The summed E-state index contributed by atoms with van der Waals surface area (Å²) in [5.41, 5.74) is 4.15. The number of aliphatic hydroxyl groups excluding tert-OH is 1. The van der Waals surface area contributed by atoms with Gasteiger partial charge in [0.15, 0.2) is 0 Å². The van der Waals surface area contributed by atoms with E-state index in [9.17, 15) is 5.11 Å². The summed E-state index contributed by atoms with van der Waals surface area (Å²) in [6.45, 7) is 4.05. The molecule has 1 atom stereocenters. The minimum Gasteiger partial charge on any atom is -0.384 e. The summed E-state index contributed by atoms with van der Waals surface area (Å²) < 4.78 is 0.952. The van der Waals surface area contributed by atoms with Gasteiger partial charge in [0.1, 0.15) is 6.10 Å². The third-order valence-electron chi connectivity index (χ3n) is 2.93. The standard InChI is InChI=1S/C15H15BrO/c1-10-7-8-13(14(16)9-10)15(17)12-6-4-3-5-11(12)2/h3-9,15,17H,1-2H3. The topological polar surface area (TPSA) is 20.2 Å². The van der Waals surface area contributed by atoms with Crippen molar-refractivity contribution in [1.82, 2.24) is 0 Å². The van der Waals surface area contributed by atoms with Crippen LogP contribution in [0.3, 0.4) is 0 Å². The van der Waals surface area contributed by atoms with Crippen molar-refractivity contribution in [3.63, 3.8) is 0 Å². The summed E-state index contributed by atoms with van der Waals surface area (Å²) in [5, 5.41) is 10.4. The Morgan fingerprint density at radius 2 is 1.71 bits per heavy atom. The van der Waals surface area contributed by atoms with Gasteiger partial charge in [0.2, 0.25) is 0 Å². The smallest absolute Gasteiger partial charge is 0.105 e.